The molecule has 0 bridgehead atoms. The van der Waals surface area contributed by atoms with Crippen molar-refractivity contribution < 1.29 is 37.7 Å². The molecule has 0 amide bonds. The van der Waals surface area contributed by atoms with Crippen LogP contribution in [0.1, 0.15) is 26.7 Å². The summed E-state index contributed by atoms with van der Waals surface area (Å²) < 4.78 is 33.1. The van der Waals surface area contributed by atoms with Gasteiger partial charge in [0.2, 0.25) is 9.49 Å². The molecule has 2 atom stereocenters. The van der Waals surface area contributed by atoms with Crippen LogP contribution in [0.3, 0.4) is 0 Å². The van der Waals surface area contributed by atoms with E-state index < -0.39 is 44.1 Å². The number of carbonyl (C=O) groups is 2. The van der Waals surface area contributed by atoms with Crippen LogP contribution < -0.4 is 0 Å². The largest absolute Gasteiger partial charge is 0.496 e. The summed E-state index contributed by atoms with van der Waals surface area (Å²) in [6.45, 7) is 3.22. The minimum atomic E-state index is -4.94. The van der Waals surface area contributed by atoms with E-state index in [1.54, 1.807) is 13.8 Å². The Morgan fingerprint density at radius 2 is 1.30 bits per heavy atom. The van der Waals surface area contributed by atoms with Crippen molar-refractivity contribution in [2.45, 2.75) is 36.2 Å². The molecule has 0 fully saturated rings. The normalized spacial score (nSPS) is 27.5. The summed E-state index contributed by atoms with van der Waals surface area (Å²) in [5.74, 6) is -4.02. The van der Waals surface area contributed by atoms with Gasteiger partial charge in [-0.25, -0.2) is 8.42 Å². The molecule has 0 spiro atoms. The number of allylic oxidation sites excluding steroid dienone is 6. The molecule has 0 saturated heterocycles. The number of hydrogen-bond donors (Lipinski definition) is 2. The molecule has 27 heavy (non-hydrogen) atoms. The first-order chi connectivity index (χ1) is 12.7. The van der Waals surface area contributed by atoms with Crippen LogP contribution in [0.4, 0.5) is 0 Å². The molecule has 8 nitrogen and oxygen atoms in total. The van der Waals surface area contributed by atoms with Crippen molar-refractivity contribution in [3.8, 4) is 0 Å². The molecule has 2 aliphatic rings. The predicted molar refractivity (Wildman–Crippen MR) is 96.6 cm³/mol. The average Bonchev–Trinajstić information content (AvgIpc) is 2.62. The fourth-order valence-corrected chi connectivity index (χ4v) is 5.76. The van der Waals surface area contributed by atoms with Crippen molar-refractivity contribution in [2.24, 2.45) is 0 Å². The Morgan fingerprint density at radius 1 is 0.926 bits per heavy atom. The average molecular weight is 398 g/mol. The van der Waals surface area contributed by atoms with Crippen molar-refractivity contribution in [2.75, 3.05) is 13.2 Å². The molecule has 0 unspecified atom stereocenters. The first kappa shape index (κ1) is 20.8. The van der Waals surface area contributed by atoms with Gasteiger partial charge < -0.3 is 19.7 Å². The molecule has 148 valence electrons. The highest BCUT2D eigenvalue weighted by Crippen LogP contribution is 2.47. The van der Waals surface area contributed by atoms with Crippen LogP contribution in [0, 0.1) is 0 Å². The van der Waals surface area contributed by atoms with Gasteiger partial charge in [0.1, 0.15) is 11.5 Å². The second-order valence-corrected chi connectivity index (χ2v) is 8.36. The van der Waals surface area contributed by atoms with E-state index in [9.17, 15) is 28.2 Å². The highest BCUT2D eigenvalue weighted by atomic mass is 32.2. The maximum absolute atomic E-state index is 13.8. The number of carboxylic acids is 2. The predicted octanol–water partition coefficient (Wildman–Crippen LogP) is 1.81. The molecule has 2 N–H and O–H groups in total. The third-order valence-corrected chi connectivity index (χ3v) is 7.50. The zero-order chi connectivity index (χ0) is 20.3. The van der Waals surface area contributed by atoms with E-state index in [0.717, 1.165) is 0 Å². The van der Waals surface area contributed by atoms with E-state index in [1.807, 2.05) is 0 Å². The van der Waals surface area contributed by atoms with Gasteiger partial charge in [0.05, 0.1) is 13.2 Å². The quantitative estimate of drug-likeness (QED) is 0.634. The van der Waals surface area contributed by atoms with Gasteiger partial charge in [-0.2, -0.15) is 0 Å². The molecule has 9 heteroatoms. The number of sulfone groups is 1. The smallest absolute Gasteiger partial charge is 0.333 e. The molecule has 0 heterocycles. The van der Waals surface area contributed by atoms with Crippen LogP contribution in [0.25, 0.3) is 0 Å². The topological polar surface area (TPSA) is 127 Å². The number of aliphatic carboxylic acids is 2. The van der Waals surface area contributed by atoms with Crippen LogP contribution in [0.5, 0.6) is 0 Å². The van der Waals surface area contributed by atoms with Gasteiger partial charge >= 0.3 is 11.9 Å². The zero-order valence-corrected chi connectivity index (χ0v) is 15.9. The molecular formula is C18H22O8S. The van der Waals surface area contributed by atoms with Crippen molar-refractivity contribution >= 4 is 21.8 Å². The summed E-state index contributed by atoms with van der Waals surface area (Å²) in [4.78, 5) is 24.6. The third kappa shape index (κ3) is 2.86. The number of ether oxygens (including phenoxy) is 2. The van der Waals surface area contributed by atoms with Gasteiger partial charge in [0.25, 0.3) is 0 Å². The lowest BCUT2D eigenvalue weighted by Crippen LogP contribution is -2.62. The Labute approximate surface area is 157 Å². The second-order valence-electron chi connectivity index (χ2n) is 5.96. The molecule has 0 aliphatic heterocycles. The van der Waals surface area contributed by atoms with E-state index >= 15 is 0 Å². The summed E-state index contributed by atoms with van der Waals surface area (Å²) in [5, 5.41) is 19.9. The first-order valence-electron chi connectivity index (χ1n) is 8.43. The van der Waals surface area contributed by atoms with Crippen LogP contribution in [-0.4, -0.2) is 53.3 Å². The Hall–Kier alpha value is -2.55. The van der Waals surface area contributed by atoms with E-state index in [1.165, 1.54) is 36.5 Å². The maximum atomic E-state index is 13.8. The summed E-state index contributed by atoms with van der Waals surface area (Å²) in [6, 6.07) is 0. The molecule has 0 radical (unpaired) electrons. The minimum absolute atomic E-state index is 0.0261. The van der Waals surface area contributed by atoms with Gasteiger partial charge in [-0.1, -0.05) is 24.3 Å². The molecule has 0 saturated carbocycles. The summed E-state index contributed by atoms with van der Waals surface area (Å²) in [7, 11) is -4.94. The highest BCUT2D eigenvalue weighted by Gasteiger charge is 2.68. The molecule has 2 aliphatic carbocycles. The molecular weight excluding hydrogens is 376 g/mol. The van der Waals surface area contributed by atoms with Crippen molar-refractivity contribution in [1.82, 2.24) is 0 Å². The Morgan fingerprint density at radius 3 is 1.59 bits per heavy atom. The van der Waals surface area contributed by atoms with Crippen molar-refractivity contribution in [1.29, 1.82) is 0 Å². The lowest BCUT2D eigenvalue weighted by molar-refractivity contribution is -0.140. The van der Waals surface area contributed by atoms with Crippen LogP contribution in [0.15, 0.2) is 48.0 Å². The Kier molecular flexibility index (Phi) is 5.84. The zero-order valence-electron chi connectivity index (χ0n) is 15.0. The Bertz CT molecular complexity index is 785. The lowest BCUT2D eigenvalue weighted by Gasteiger charge is -2.40. The summed E-state index contributed by atoms with van der Waals surface area (Å²) in [5.41, 5.74) is 0. The molecule has 0 aromatic rings. The first-order valence-corrected chi connectivity index (χ1v) is 9.91. The second kappa shape index (κ2) is 7.59. The van der Waals surface area contributed by atoms with Gasteiger partial charge in [0.15, 0.2) is 9.84 Å². The van der Waals surface area contributed by atoms with Gasteiger partial charge in [0, 0.05) is 12.8 Å². The van der Waals surface area contributed by atoms with E-state index in [-0.39, 0.29) is 24.7 Å². The van der Waals surface area contributed by atoms with E-state index in [2.05, 4.69) is 0 Å². The fraction of sp³-hybridized carbons (Fsp3) is 0.444. The van der Waals surface area contributed by atoms with Crippen molar-refractivity contribution in [3.63, 3.8) is 0 Å². The minimum Gasteiger partial charge on any atom is -0.496 e. The number of rotatable bonds is 8. The molecule has 2 rings (SSSR count). The van der Waals surface area contributed by atoms with Crippen LogP contribution in [-0.2, 0) is 28.9 Å². The van der Waals surface area contributed by atoms with Gasteiger partial charge in [-0.3, -0.25) is 9.59 Å². The number of carboxylic acid groups (broad SMARTS) is 2. The standard InChI is InChI=1S/C18H22O8S/c1-3-25-13-9-5-7-11-17(13,15(19)20)27(23,24)18(16(21)22)12-8-6-10-14(18)26-4-2/h5-10H,3-4,11-12H2,1-2H3,(H,19,20)(H,21,22)/t17-,18-/m0/s1. The molecule has 0 aromatic heterocycles. The van der Waals surface area contributed by atoms with Gasteiger partial charge in [-0.05, 0) is 26.0 Å². The van der Waals surface area contributed by atoms with Gasteiger partial charge in [-0.15, -0.1) is 0 Å². The third-order valence-electron chi connectivity index (χ3n) is 4.58. The van der Waals surface area contributed by atoms with Crippen LogP contribution >= 0.6 is 0 Å². The monoisotopic (exact) mass is 398 g/mol. The van der Waals surface area contributed by atoms with Crippen LogP contribution in [0.2, 0.25) is 0 Å². The summed E-state index contributed by atoms with van der Waals surface area (Å²) in [6.07, 6.45) is 7.29. The van der Waals surface area contributed by atoms with E-state index in [0.29, 0.717) is 0 Å². The molecule has 0 aromatic carbocycles. The van der Waals surface area contributed by atoms with E-state index in [4.69, 9.17) is 9.47 Å². The summed E-state index contributed by atoms with van der Waals surface area (Å²) >= 11 is 0. The number of hydrogen-bond acceptors (Lipinski definition) is 6. The Balaban J connectivity index is 2.82. The maximum Gasteiger partial charge on any atom is 0.333 e. The highest BCUT2D eigenvalue weighted by molar-refractivity contribution is 7.96. The fourth-order valence-electron chi connectivity index (χ4n) is 3.29. The SMILES string of the molecule is CCOC1=CC=CC[C@]1(C(=O)O)S(=O)(=O)[C@@]1(C(=O)O)CC=CC=C1OCC. The van der Waals surface area contributed by atoms with Crippen molar-refractivity contribution in [3.05, 3.63) is 48.0 Å². The lowest BCUT2D eigenvalue weighted by atomic mass is 9.96.